The summed E-state index contributed by atoms with van der Waals surface area (Å²) in [5.74, 6) is 1.47. The van der Waals surface area contributed by atoms with E-state index in [2.05, 4.69) is 25.9 Å². The van der Waals surface area contributed by atoms with Crippen LogP contribution in [0.3, 0.4) is 0 Å². The topological polar surface area (TPSA) is 85.7 Å². The van der Waals surface area contributed by atoms with E-state index in [4.69, 9.17) is 5.26 Å². The Labute approximate surface area is 138 Å². The van der Waals surface area contributed by atoms with Crippen molar-refractivity contribution in [2.45, 2.75) is 18.9 Å². The molecular formula is C18H15N5O. The van der Waals surface area contributed by atoms with E-state index in [9.17, 15) is 4.79 Å². The van der Waals surface area contributed by atoms with Crippen LogP contribution >= 0.6 is 0 Å². The van der Waals surface area contributed by atoms with Gasteiger partial charge in [-0.05, 0) is 37.1 Å². The van der Waals surface area contributed by atoms with Gasteiger partial charge in [-0.2, -0.15) is 5.26 Å². The van der Waals surface area contributed by atoms with Gasteiger partial charge in [0.05, 0.1) is 22.5 Å². The Kier molecular flexibility index (Phi) is 3.47. The molecule has 0 radical (unpaired) electrons. The van der Waals surface area contributed by atoms with Crippen molar-refractivity contribution in [2.75, 3.05) is 11.4 Å². The first-order valence-corrected chi connectivity index (χ1v) is 7.88. The number of nitrogens with zero attached hydrogens (tertiary/aromatic N) is 4. The van der Waals surface area contributed by atoms with E-state index in [0.29, 0.717) is 22.3 Å². The van der Waals surface area contributed by atoms with Crippen LogP contribution < -0.4 is 10.5 Å². The summed E-state index contributed by atoms with van der Waals surface area (Å²) in [7, 11) is 0. The summed E-state index contributed by atoms with van der Waals surface area (Å²) < 4.78 is 0. The highest BCUT2D eigenvalue weighted by molar-refractivity contribution is 5.77. The summed E-state index contributed by atoms with van der Waals surface area (Å²) in [5, 5.41) is 9.50. The van der Waals surface area contributed by atoms with Gasteiger partial charge in [-0.1, -0.05) is 12.1 Å². The molecule has 1 N–H and O–H groups in total. The van der Waals surface area contributed by atoms with Crippen molar-refractivity contribution in [3.8, 4) is 6.07 Å². The normalized spacial score (nSPS) is 17.1. The van der Waals surface area contributed by atoms with Gasteiger partial charge < -0.3 is 9.88 Å². The fourth-order valence-electron chi connectivity index (χ4n) is 3.21. The van der Waals surface area contributed by atoms with E-state index in [1.807, 2.05) is 24.3 Å². The van der Waals surface area contributed by atoms with Gasteiger partial charge >= 0.3 is 0 Å². The van der Waals surface area contributed by atoms with Crippen molar-refractivity contribution in [1.29, 1.82) is 5.26 Å². The van der Waals surface area contributed by atoms with Crippen molar-refractivity contribution >= 4 is 16.7 Å². The zero-order valence-electron chi connectivity index (χ0n) is 12.9. The van der Waals surface area contributed by atoms with Crippen molar-refractivity contribution in [2.24, 2.45) is 0 Å². The van der Waals surface area contributed by atoms with Crippen LogP contribution in [0.1, 0.15) is 30.3 Å². The van der Waals surface area contributed by atoms with Gasteiger partial charge in [0, 0.05) is 12.7 Å². The zero-order chi connectivity index (χ0) is 16.5. The molecule has 0 aliphatic carbocycles. The fourth-order valence-corrected chi connectivity index (χ4v) is 3.21. The first-order chi connectivity index (χ1) is 11.8. The molecule has 0 spiro atoms. The van der Waals surface area contributed by atoms with Gasteiger partial charge in [0.25, 0.3) is 5.56 Å². The Morgan fingerprint density at radius 2 is 2.12 bits per heavy atom. The zero-order valence-corrected chi connectivity index (χ0v) is 12.9. The first kappa shape index (κ1) is 14.4. The molecule has 1 saturated heterocycles. The summed E-state index contributed by atoms with van der Waals surface area (Å²) in [5.41, 5.74) is 1.12. The third-order valence-electron chi connectivity index (χ3n) is 4.37. The van der Waals surface area contributed by atoms with Gasteiger partial charge in [-0.3, -0.25) is 4.79 Å². The number of nitrogens with one attached hydrogen (secondary N) is 1. The number of pyridine rings is 1. The molecule has 3 aromatic rings. The minimum absolute atomic E-state index is 0.0114. The summed E-state index contributed by atoms with van der Waals surface area (Å²) in [6.07, 6.45) is 3.48. The average molecular weight is 317 g/mol. The predicted molar refractivity (Wildman–Crippen MR) is 90.6 cm³/mol. The number of fused-ring (bicyclic) bond motifs is 1. The monoisotopic (exact) mass is 317 g/mol. The van der Waals surface area contributed by atoms with Gasteiger partial charge in [-0.15, -0.1) is 0 Å². The first-order valence-electron chi connectivity index (χ1n) is 7.88. The van der Waals surface area contributed by atoms with Crippen LogP contribution in [0.2, 0.25) is 0 Å². The van der Waals surface area contributed by atoms with Gasteiger partial charge in [0.15, 0.2) is 0 Å². The number of nitriles is 1. The number of rotatable bonds is 2. The molecule has 1 aliphatic rings. The maximum absolute atomic E-state index is 12.3. The average Bonchev–Trinajstić information content (AvgIpc) is 3.11. The molecule has 3 heterocycles. The van der Waals surface area contributed by atoms with Crippen LogP contribution in [0.25, 0.3) is 10.9 Å². The Morgan fingerprint density at radius 3 is 2.92 bits per heavy atom. The molecule has 4 rings (SSSR count). The van der Waals surface area contributed by atoms with Gasteiger partial charge in [0.1, 0.15) is 17.7 Å². The molecular weight excluding hydrogens is 302 g/mol. The van der Waals surface area contributed by atoms with Gasteiger partial charge in [0.2, 0.25) is 0 Å². The summed E-state index contributed by atoms with van der Waals surface area (Å²) >= 11 is 0. The van der Waals surface area contributed by atoms with Crippen LogP contribution in [0.15, 0.2) is 47.4 Å². The molecule has 0 bridgehead atoms. The van der Waals surface area contributed by atoms with Crippen molar-refractivity contribution in [3.05, 3.63) is 64.3 Å². The summed E-state index contributed by atoms with van der Waals surface area (Å²) in [6, 6.07) is 13.0. The maximum Gasteiger partial charge on any atom is 0.258 e. The van der Waals surface area contributed by atoms with Crippen LogP contribution in [0.5, 0.6) is 0 Å². The lowest BCUT2D eigenvalue weighted by molar-refractivity contribution is 0.661. The van der Waals surface area contributed by atoms with Crippen molar-refractivity contribution < 1.29 is 0 Å². The molecule has 2 aromatic heterocycles. The predicted octanol–water partition coefficient (Wildman–Crippen LogP) is 2.53. The number of anilines is 1. The largest absolute Gasteiger partial charge is 0.346 e. The summed E-state index contributed by atoms with van der Waals surface area (Å²) in [6.45, 7) is 0.847. The van der Waals surface area contributed by atoms with E-state index in [1.165, 1.54) is 0 Å². The Balaban J connectivity index is 1.74. The smallest absolute Gasteiger partial charge is 0.258 e. The number of aromatic amines is 1. The third-order valence-corrected chi connectivity index (χ3v) is 4.37. The fraction of sp³-hybridized carbons (Fsp3) is 0.222. The molecule has 6 nitrogen and oxygen atoms in total. The van der Waals surface area contributed by atoms with Crippen LogP contribution in [-0.2, 0) is 0 Å². The molecule has 1 atom stereocenters. The SMILES string of the molecule is N#Cc1ccc(N2CCCC2c2nc3ccccc3c(=O)[nH]2)nc1. The number of hydrogen-bond donors (Lipinski definition) is 1. The minimum Gasteiger partial charge on any atom is -0.346 e. The van der Waals surface area contributed by atoms with Crippen molar-refractivity contribution in [3.63, 3.8) is 0 Å². The van der Waals surface area contributed by atoms with Crippen LogP contribution in [0, 0.1) is 11.3 Å². The number of benzene rings is 1. The Hall–Kier alpha value is -3.20. The highest BCUT2D eigenvalue weighted by Gasteiger charge is 2.29. The van der Waals surface area contributed by atoms with E-state index in [1.54, 1.807) is 18.3 Å². The molecule has 0 saturated carbocycles. The highest BCUT2D eigenvalue weighted by Crippen LogP contribution is 2.33. The van der Waals surface area contributed by atoms with E-state index < -0.39 is 0 Å². The van der Waals surface area contributed by atoms with Crippen LogP contribution in [0.4, 0.5) is 5.82 Å². The van der Waals surface area contributed by atoms with E-state index >= 15 is 0 Å². The van der Waals surface area contributed by atoms with Crippen LogP contribution in [-0.4, -0.2) is 21.5 Å². The quantitative estimate of drug-likeness (QED) is 0.785. The molecule has 118 valence electrons. The summed E-state index contributed by atoms with van der Waals surface area (Å²) in [4.78, 5) is 26.4. The number of H-pyrrole nitrogens is 1. The lowest BCUT2D eigenvalue weighted by Gasteiger charge is -2.25. The molecule has 1 aliphatic heterocycles. The second-order valence-electron chi connectivity index (χ2n) is 5.84. The highest BCUT2D eigenvalue weighted by atomic mass is 16.1. The van der Waals surface area contributed by atoms with Gasteiger partial charge in [-0.25, -0.2) is 9.97 Å². The second-order valence-corrected chi connectivity index (χ2v) is 5.84. The molecule has 1 fully saturated rings. The van der Waals surface area contributed by atoms with Crippen molar-refractivity contribution in [1.82, 2.24) is 15.0 Å². The number of aromatic nitrogens is 3. The third kappa shape index (κ3) is 2.40. The second kappa shape index (κ2) is 5.78. The Bertz CT molecular complexity index is 987. The maximum atomic E-state index is 12.3. The lowest BCUT2D eigenvalue weighted by Crippen LogP contribution is -2.27. The molecule has 1 aromatic carbocycles. The molecule has 6 heteroatoms. The molecule has 1 unspecified atom stereocenters. The standard InChI is InChI=1S/C18H15N5O/c19-10-12-7-8-16(20-11-12)23-9-3-6-15(23)17-21-14-5-2-1-4-13(14)18(24)22-17/h1-2,4-5,7-8,11,15H,3,6,9H2,(H,21,22,24). The molecule has 0 amide bonds. The van der Waals surface area contributed by atoms with E-state index in [-0.39, 0.29) is 11.6 Å². The minimum atomic E-state index is -0.116. The molecule has 24 heavy (non-hydrogen) atoms. The van der Waals surface area contributed by atoms with E-state index in [0.717, 1.165) is 25.2 Å². The number of para-hydroxylation sites is 1. The number of hydrogen-bond acceptors (Lipinski definition) is 5. The lowest BCUT2D eigenvalue weighted by atomic mass is 10.2. The Morgan fingerprint density at radius 1 is 1.25 bits per heavy atom.